The number of hydrogen-bond acceptors (Lipinski definition) is 8. The van der Waals surface area contributed by atoms with Crippen molar-refractivity contribution in [2.75, 3.05) is 30.1 Å². The van der Waals surface area contributed by atoms with Crippen LogP contribution in [0.5, 0.6) is 11.5 Å². The van der Waals surface area contributed by atoms with Gasteiger partial charge in [0.15, 0.2) is 15.0 Å². The molecule has 0 spiro atoms. The Bertz CT molecular complexity index is 1100. The first-order valence-corrected chi connectivity index (χ1v) is 12.7. The number of ether oxygens (including phenoxy) is 2. The first-order valence-electron chi connectivity index (χ1n) is 10.00. The van der Waals surface area contributed by atoms with Crippen LogP contribution in [-0.4, -0.2) is 56.4 Å². The number of benzene rings is 2. The number of fused-ring (bicyclic) bond motifs is 1. The van der Waals surface area contributed by atoms with E-state index in [9.17, 15) is 13.2 Å². The maximum absolute atomic E-state index is 12.0. The van der Waals surface area contributed by atoms with Crippen molar-refractivity contribution in [3.05, 3.63) is 53.6 Å². The molecule has 164 valence electrons. The van der Waals surface area contributed by atoms with Crippen LogP contribution in [0, 0.1) is 0 Å². The van der Waals surface area contributed by atoms with Gasteiger partial charge < -0.3 is 14.4 Å². The molecule has 0 saturated carbocycles. The monoisotopic (exact) mass is 460 g/mol. The van der Waals surface area contributed by atoms with E-state index < -0.39 is 9.84 Å². The van der Waals surface area contributed by atoms with E-state index in [2.05, 4.69) is 0 Å². The average Bonchev–Trinajstić information content (AvgIpc) is 3.26. The molecule has 2 aromatic carbocycles. The summed E-state index contributed by atoms with van der Waals surface area (Å²) in [5.41, 5.74) is 2.30. The Kier molecular flexibility index (Phi) is 6.24. The molecule has 0 bridgehead atoms. The summed E-state index contributed by atoms with van der Waals surface area (Å²) in [6.45, 7) is 2.94. The van der Waals surface area contributed by atoms with Gasteiger partial charge in [0.1, 0.15) is 17.8 Å². The topological polar surface area (TPSA) is 85.3 Å². The number of sulfone groups is 1. The van der Waals surface area contributed by atoms with Crippen molar-refractivity contribution < 1.29 is 22.7 Å². The number of hydrogen-bond donors (Lipinski definition) is 0. The number of aliphatic imine (C=N–C) groups is 1. The number of thioether (sulfide) groups is 1. The molecular weight excluding hydrogens is 436 g/mol. The van der Waals surface area contributed by atoms with Gasteiger partial charge in [0, 0.05) is 22.1 Å². The standard InChI is InChI=1S/C22H24N2O5S2/c1-3-29-18-7-5-17(6-8-18)24(11-16-10-15(12-25)4-9-20(16)28-2)22-23-19-13-31(26,27)14-21(19)30-22/h4-10,12,19,21H,3,11,13-14H2,1-2H3/t19-,21-/m1/s1. The van der Waals surface area contributed by atoms with Crippen LogP contribution in [0.4, 0.5) is 5.69 Å². The van der Waals surface area contributed by atoms with Crippen molar-refractivity contribution in [1.82, 2.24) is 0 Å². The van der Waals surface area contributed by atoms with Crippen molar-refractivity contribution >= 4 is 38.7 Å². The Morgan fingerprint density at radius 2 is 1.97 bits per heavy atom. The number of carbonyl (C=O) groups is 1. The molecule has 0 radical (unpaired) electrons. The number of rotatable bonds is 7. The van der Waals surface area contributed by atoms with Gasteiger partial charge in [-0.2, -0.15) is 0 Å². The van der Waals surface area contributed by atoms with E-state index >= 15 is 0 Å². The fraction of sp³-hybridized carbons (Fsp3) is 0.364. The van der Waals surface area contributed by atoms with Crippen molar-refractivity contribution in [3.8, 4) is 11.5 Å². The highest BCUT2D eigenvalue weighted by Gasteiger charge is 2.44. The minimum Gasteiger partial charge on any atom is -0.496 e. The predicted molar refractivity (Wildman–Crippen MR) is 123 cm³/mol. The van der Waals surface area contributed by atoms with Crippen molar-refractivity contribution in [3.63, 3.8) is 0 Å². The van der Waals surface area contributed by atoms with Crippen LogP contribution in [-0.2, 0) is 16.4 Å². The molecule has 0 aromatic heterocycles. The van der Waals surface area contributed by atoms with Crippen LogP contribution in [0.3, 0.4) is 0 Å². The third kappa shape index (κ3) is 4.72. The van der Waals surface area contributed by atoms with Crippen molar-refractivity contribution in [2.24, 2.45) is 4.99 Å². The number of nitrogens with zero attached hydrogens (tertiary/aromatic N) is 2. The van der Waals surface area contributed by atoms with Crippen LogP contribution in [0.15, 0.2) is 47.5 Å². The van der Waals surface area contributed by atoms with Crippen LogP contribution >= 0.6 is 11.8 Å². The predicted octanol–water partition coefficient (Wildman–Crippen LogP) is 3.18. The highest BCUT2D eigenvalue weighted by Crippen LogP contribution is 2.38. The summed E-state index contributed by atoms with van der Waals surface area (Å²) < 4.78 is 35.0. The van der Waals surface area contributed by atoms with E-state index in [1.54, 1.807) is 25.3 Å². The van der Waals surface area contributed by atoms with Crippen LogP contribution in [0.25, 0.3) is 0 Å². The van der Waals surface area contributed by atoms with Crippen LogP contribution < -0.4 is 14.4 Å². The molecule has 31 heavy (non-hydrogen) atoms. The second-order valence-corrected chi connectivity index (χ2v) is 10.8. The summed E-state index contributed by atoms with van der Waals surface area (Å²) >= 11 is 1.50. The molecule has 2 atom stereocenters. The smallest absolute Gasteiger partial charge is 0.164 e. The lowest BCUT2D eigenvalue weighted by atomic mass is 10.1. The molecule has 0 aliphatic carbocycles. The zero-order valence-electron chi connectivity index (χ0n) is 17.4. The normalized spacial score (nSPS) is 21.3. The maximum Gasteiger partial charge on any atom is 0.164 e. The summed E-state index contributed by atoms with van der Waals surface area (Å²) in [5.74, 6) is 1.69. The van der Waals surface area contributed by atoms with E-state index in [0.29, 0.717) is 24.5 Å². The molecule has 1 saturated heterocycles. The highest BCUT2D eigenvalue weighted by atomic mass is 32.2. The fourth-order valence-electron chi connectivity index (χ4n) is 3.79. The van der Waals surface area contributed by atoms with Crippen LogP contribution in [0.2, 0.25) is 0 Å². The summed E-state index contributed by atoms with van der Waals surface area (Å²) in [4.78, 5) is 18.1. The highest BCUT2D eigenvalue weighted by molar-refractivity contribution is 8.15. The lowest BCUT2D eigenvalue weighted by Crippen LogP contribution is -2.28. The number of methoxy groups -OCH3 is 1. The van der Waals surface area contributed by atoms with Gasteiger partial charge in [-0.05, 0) is 49.4 Å². The zero-order chi connectivity index (χ0) is 22.0. The van der Waals surface area contributed by atoms with Gasteiger partial charge >= 0.3 is 0 Å². The number of aldehydes is 1. The van der Waals surface area contributed by atoms with E-state index in [1.807, 2.05) is 36.1 Å². The first kappa shape index (κ1) is 21.7. The molecule has 2 aromatic rings. The Balaban J connectivity index is 1.69. The molecule has 0 unspecified atom stereocenters. The van der Waals surface area contributed by atoms with E-state index in [4.69, 9.17) is 14.5 Å². The molecule has 4 rings (SSSR count). The Labute approximate surface area is 186 Å². The van der Waals surface area contributed by atoms with E-state index in [-0.39, 0.29) is 22.8 Å². The summed E-state index contributed by atoms with van der Waals surface area (Å²) in [6.07, 6.45) is 0.807. The largest absolute Gasteiger partial charge is 0.496 e. The Hall–Kier alpha value is -2.52. The lowest BCUT2D eigenvalue weighted by molar-refractivity contribution is 0.112. The molecule has 1 fully saturated rings. The molecule has 9 heteroatoms. The second-order valence-electron chi connectivity index (χ2n) is 7.41. The van der Waals surface area contributed by atoms with Crippen molar-refractivity contribution in [1.29, 1.82) is 0 Å². The fourth-order valence-corrected chi connectivity index (χ4v) is 7.58. The van der Waals surface area contributed by atoms with Crippen LogP contribution in [0.1, 0.15) is 22.8 Å². The van der Waals surface area contributed by atoms with Gasteiger partial charge in [0.25, 0.3) is 0 Å². The molecular formula is C22H24N2O5S2. The number of amidine groups is 1. The second kappa shape index (κ2) is 8.92. The van der Waals surface area contributed by atoms with E-state index in [0.717, 1.165) is 28.5 Å². The summed E-state index contributed by atoms with van der Waals surface area (Å²) in [6, 6.07) is 12.8. The zero-order valence-corrected chi connectivity index (χ0v) is 19.0. The molecule has 0 N–H and O–H groups in total. The molecule has 2 aliphatic rings. The quantitative estimate of drug-likeness (QED) is 0.587. The van der Waals surface area contributed by atoms with Gasteiger partial charge in [-0.1, -0.05) is 11.8 Å². The Morgan fingerprint density at radius 1 is 1.19 bits per heavy atom. The third-order valence-electron chi connectivity index (χ3n) is 5.26. The Morgan fingerprint density at radius 3 is 2.61 bits per heavy atom. The minimum absolute atomic E-state index is 0.0617. The van der Waals surface area contributed by atoms with Gasteiger partial charge in [-0.3, -0.25) is 9.79 Å². The first-order chi connectivity index (χ1) is 14.9. The lowest BCUT2D eigenvalue weighted by Gasteiger charge is -2.26. The minimum atomic E-state index is -3.03. The van der Waals surface area contributed by atoms with E-state index in [1.165, 1.54) is 11.8 Å². The van der Waals surface area contributed by atoms with Crippen molar-refractivity contribution in [2.45, 2.75) is 24.8 Å². The summed E-state index contributed by atoms with van der Waals surface area (Å²) in [7, 11) is -1.44. The number of carbonyl (C=O) groups excluding carboxylic acids is 1. The summed E-state index contributed by atoms with van der Waals surface area (Å²) in [5, 5.41) is 0.709. The van der Waals surface area contributed by atoms with Gasteiger partial charge in [-0.25, -0.2) is 8.42 Å². The third-order valence-corrected chi connectivity index (χ3v) is 8.51. The number of anilines is 1. The molecule has 0 amide bonds. The van der Waals surface area contributed by atoms with Gasteiger partial charge in [0.05, 0.1) is 37.8 Å². The van der Waals surface area contributed by atoms with Gasteiger partial charge in [0.2, 0.25) is 0 Å². The molecule has 7 nitrogen and oxygen atoms in total. The van der Waals surface area contributed by atoms with Gasteiger partial charge in [-0.15, -0.1) is 0 Å². The maximum atomic E-state index is 12.0. The molecule has 2 aliphatic heterocycles. The average molecular weight is 461 g/mol. The SMILES string of the molecule is CCOc1ccc(N(Cc2cc(C=O)ccc2OC)C2=N[C@@H]3CS(=O)(=O)C[C@H]3S2)cc1. The molecule has 2 heterocycles.